The maximum absolute atomic E-state index is 12.9. The van der Waals surface area contributed by atoms with E-state index in [1.54, 1.807) is 13.0 Å². The van der Waals surface area contributed by atoms with Crippen LogP contribution in [-0.4, -0.2) is 30.0 Å². The van der Waals surface area contributed by atoms with Gasteiger partial charge in [0, 0.05) is 37.2 Å². The molecule has 150 valence electrons. The number of rotatable bonds is 6. The first-order chi connectivity index (χ1) is 13.9. The van der Waals surface area contributed by atoms with E-state index in [1.165, 1.54) is 0 Å². The van der Waals surface area contributed by atoms with E-state index in [9.17, 15) is 4.79 Å². The highest BCUT2D eigenvalue weighted by atomic mass is 16.1. The molecule has 1 amide bonds. The maximum atomic E-state index is 12.9. The minimum absolute atomic E-state index is 0.245. The highest BCUT2D eigenvalue weighted by Gasteiger charge is 2.14. The summed E-state index contributed by atoms with van der Waals surface area (Å²) < 4.78 is 0. The Hall–Kier alpha value is -3.41. The van der Waals surface area contributed by atoms with Gasteiger partial charge in [0.25, 0.3) is 5.91 Å². The Labute approximate surface area is 172 Å². The minimum Gasteiger partial charge on any atom is -0.378 e. The molecule has 0 fully saturated rings. The van der Waals surface area contributed by atoms with Crippen molar-refractivity contribution in [1.29, 1.82) is 0 Å². The van der Waals surface area contributed by atoms with Crippen molar-refractivity contribution >= 4 is 28.8 Å². The lowest BCUT2D eigenvalue weighted by molar-refractivity contribution is 0.102. The molecule has 0 aliphatic carbocycles. The summed E-state index contributed by atoms with van der Waals surface area (Å²) in [6, 6.07) is 15.7. The van der Waals surface area contributed by atoms with Crippen LogP contribution in [0.2, 0.25) is 0 Å². The van der Waals surface area contributed by atoms with Crippen LogP contribution < -0.4 is 15.5 Å². The van der Waals surface area contributed by atoms with Gasteiger partial charge in [-0.1, -0.05) is 25.1 Å². The predicted octanol–water partition coefficient (Wildman–Crippen LogP) is 4.72. The Morgan fingerprint density at radius 3 is 2.41 bits per heavy atom. The van der Waals surface area contributed by atoms with Crippen molar-refractivity contribution in [1.82, 2.24) is 9.97 Å². The summed E-state index contributed by atoms with van der Waals surface area (Å²) >= 11 is 0. The van der Waals surface area contributed by atoms with Crippen LogP contribution >= 0.6 is 0 Å². The van der Waals surface area contributed by atoms with Crippen molar-refractivity contribution in [3.8, 4) is 0 Å². The summed E-state index contributed by atoms with van der Waals surface area (Å²) in [5, 5.41) is 6.28. The van der Waals surface area contributed by atoms with Gasteiger partial charge >= 0.3 is 0 Å². The number of carbonyl (C=O) groups is 1. The Balaban J connectivity index is 1.82. The van der Waals surface area contributed by atoms with Crippen molar-refractivity contribution in [2.75, 3.05) is 29.6 Å². The third-order valence-electron chi connectivity index (χ3n) is 4.71. The zero-order valence-corrected chi connectivity index (χ0v) is 17.6. The molecule has 0 saturated carbocycles. The highest BCUT2D eigenvalue weighted by molar-refractivity contribution is 6.04. The molecular formula is C23H27N5O. The summed E-state index contributed by atoms with van der Waals surface area (Å²) in [5.41, 5.74) is 5.32. The molecule has 2 aromatic carbocycles. The fraction of sp³-hybridized carbons (Fsp3) is 0.261. The van der Waals surface area contributed by atoms with Crippen molar-refractivity contribution in [2.45, 2.75) is 27.2 Å². The molecule has 6 nitrogen and oxygen atoms in total. The van der Waals surface area contributed by atoms with Crippen LogP contribution in [0.5, 0.6) is 0 Å². The number of nitrogens with zero attached hydrogens (tertiary/aromatic N) is 3. The predicted molar refractivity (Wildman–Crippen MR) is 119 cm³/mol. The fourth-order valence-corrected chi connectivity index (χ4v) is 3.12. The normalized spacial score (nSPS) is 10.5. The van der Waals surface area contributed by atoms with E-state index in [0.717, 1.165) is 34.6 Å². The molecule has 0 unspecified atom stereocenters. The van der Waals surface area contributed by atoms with E-state index in [4.69, 9.17) is 0 Å². The van der Waals surface area contributed by atoms with Crippen LogP contribution in [0, 0.1) is 13.8 Å². The second-order valence-corrected chi connectivity index (χ2v) is 7.17. The van der Waals surface area contributed by atoms with Crippen LogP contribution in [0.4, 0.5) is 22.9 Å². The first kappa shape index (κ1) is 20.3. The zero-order chi connectivity index (χ0) is 21.0. The fourth-order valence-electron chi connectivity index (χ4n) is 3.12. The van der Waals surface area contributed by atoms with E-state index in [-0.39, 0.29) is 5.91 Å². The summed E-state index contributed by atoms with van der Waals surface area (Å²) in [5.74, 6) is 0.872. The number of aryl methyl sites for hydroxylation is 3. The summed E-state index contributed by atoms with van der Waals surface area (Å²) in [4.78, 5) is 23.7. The topological polar surface area (TPSA) is 70.2 Å². The summed E-state index contributed by atoms with van der Waals surface area (Å²) in [7, 11) is 4.00. The molecule has 29 heavy (non-hydrogen) atoms. The van der Waals surface area contributed by atoms with Crippen molar-refractivity contribution in [2.24, 2.45) is 0 Å². The van der Waals surface area contributed by atoms with Gasteiger partial charge in [-0.15, -0.1) is 0 Å². The lowest BCUT2D eigenvalue weighted by Crippen LogP contribution is -2.17. The monoisotopic (exact) mass is 389 g/mol. The Bertz CT molecular complexity index is 1010. The summed E-state index contributed by atoms with van der Waals surface area (Å²) in [6.07, 6.45) is 0.843. The van der Waals surface area contributed by atoms with Crippen LogP contribution in [0.15, 0.2) is 48.5 Å². The zero-order valence-electron chi connectivity index (χ0n) is 17.6. The van der Waals surface area contributed by atoms with Crippen molar-refractivity contribution in [3.05, 3.63) is 71.2 Å². The van der Waals surface area contributed by atoms with Gasteiger partial charge in [0.1, 0.15) is 17.3 Å². The SMILES string of the molecule is CCc1cccc(C)c1NC(=O)c1cc(Nc2ccc(N(C)C)cc2)nc(C)n1. The molecule has 0 spiro atoms. The van der Waals surface area contributed by atoms with Crippen LogP contribution in [0.25, 0.3) is 0 Å². The number of hydrogen-bond donors (Lipinski definition) is 2. The van der Waals surface area contributed by atoms with E-state index >= 15 is 0 Å². The van der Waals surface area contributed by atoms with Gasteiger partial charge < -0.3 is 15.5 Å². The number of anilines is 4. The molecule has 1 heterocycles. The number of amides is 1. The summed E-state index contributed by atoms with van der Waals surface area (Å²) in [6.45, 7) is 5.84. The average molecular weight is 390 g/mol. The molecule has 0 aliphatic rings. The van der Waals surface area contributed by atoms with Crippen LogP contribution in [0.3, 0.4) is 0 Å². The molecule has 0 aliphatic heterocycles. The van der Waals surface area contributed by atoms with Gasteiger partial charge in [-0.3, -0.25) is 4.79 Å². The van der Waals surface area contributed by atoms with Gasteiger partial charge in [0.2, 0.25) is 0 Å². The molecule has 0 saturated heterocycles. The molecular weight excluding hydrogens is 362 g/mol. The number of benzene rings is 2. The molecule has 0 bridgehead atoms. The third-order valence-corrected chi connectivity index (χ3v) is 4.71. The van der Waals surface area contributed by atoms with Gasteiger partial charge in [0.05, 0.1) is 0 Å². The standard InChI is InChI=1S/C23H27N5O/c1-6-17-9-7-8-15(2)22(17)27-23(29)20-14-21(25-16(3)24-20)26-18-10-12-19(13-11-18)28(4)5/h7-14H,6H2,1-5H3,(H,27,29)(H,24,25,26). The van der Waals surface area contributed by atoms with E-state index < -0.39 is 0 Å². The lowest BCUT2D eigenvalue weighted by Gasteiger charge is -2.14. The quantitative estimate of drug-likeness (QED) is 0.638. The minimum atomic E-state index is -0.245. The molecule has 3 aromatic rings. The number of hydrogen-bond acceptors (Lipinski definition) is 5. The van der Waals surface area contributed by atoms with Gasteiger partial charge in [-0.05, 0) is 55.7 Å². The maximum Gasteiger partial charge on any atom is 0.274 e. The van der Waals surface area contributed by atoms with Crippen LogP contribution in [0.1, 0.15) is 34.4 Å². The third kappa shape index (κ3) is 4.90. The first-order valence-corrected chi connectivity index (χ1v) is 9.67. The molecule has 2 N–H and O–H groups in total. The van der Waals surface area contributed by atoms with Crippen molar-refractivity contribution < 1.29 is 4.79 Å². The number of nitrogens with one attached hydrogen (secondary N) is 2. The first-order valence-electron chi connectivity index (χ1n) is 9.67. The second-order valence-electron chi connectivity index (χ2n) is 7.17. The van der Waals surface area contributed by atoms with Gasteiger partial charge in [-0.25, -0.2) is 9.97 Å². The Kier molecular flexibility index (Phi) is 6.12. The largest absolute Gasteiger partial charge is 0.378 e. The van der Waals surface area contributed by atoms with E-state index in [1.807, 2.05) is 68.4 Å². The van der Waals surface area contributed by atoms with Crippen molar-refractivity contribution in [3.63, 3.8) is 0 Å². The van der Waals surface area contributed by atoms with E-state index in [2.05, 4.69) is 27.5 Å². The molecule has 0 radical (unpaired) electrons. The van der Waals surface area contributed by atoms with Gasteiger partial charge in [-0.2, -0.15) is 0 Å². The molecule has 0 atom stereocenters. The highest BCUT2D eigenvalue weighted by Crippen LogP contribution is 2.23. The number of carbonyl (C=O) groups excluding carboxylic acids is 1. The second kappa shape index (κ2) is 8.73. The average Bonchev–Trinajstić information content (AvgIpc) is 2.69. The Morgan fingerprint density at radius 1 is 1.03 bits per heavy atom. The van der Waals surface area contributed by atoms with Crippen LogP contribution in [-0.2, 0) is 6.42 Å². The lowest BCUT2D eigenvalue weighted by atomic mass is 10.1. The molecule has 3 rings (SSSR count). The van der Waals surface area contributed by atoms with Gasteiger partial charge in [0.15, 0.2) is 0 Å². The number of para-hydroxylation sites is 1. The molecule has 1 aromatic heterocycles. The smallest absolute Gasteiger partial charge is 0.274 e. The van der Waals surface area contributed by atoms with E-state index in [0.29, 0.717) is 17.3 Å². The number of aromatic nitrogens is 2. The Morgan fingerprint density at radius 2 is 1.76 bits per heavy atom. The molecule has 6 heteroatoms.